The van der Waals surface area contributed by atoms with E-state index in [0.29, 0.717) is 43.9 Å². The highest BCUT2D eigenvalue weighted by Gasteiger charge is 2.43. The predicted octanol–water partition coefficient (Wildman–Crippen LogP) is 2.55. The molecular weight excluding hydrogens is 392 g/mol. The van der Waals surface area contributed by atoms with Crippen LogP contribution in [0.2, 0.25) is 0 Å². The molecule has 3 aromatic rings. The molecular formula is C24H24N4O3. The number of carbonyl (C=O) groups is 1. The maximum absolute atomic E-state index is 13.0. The Balaban J connectivity index is 1.40. The number of benzene rings is 1. The third kappa shape index (κ3) is 3.55. The van der Waals surface area contributed by atoms with Crippen LogP contribution in [0.3, 0.4) is 0 Å². The zero-order chi connectivity index (χ0) is 21.4. The Morgan fingerprint density at radius 3 is 2.61 bits per heavy atom. The van der Waals surface area contributed by atoms with E-state index in [9.17, 15) is 9.59 Å². The number of aryl methyl sites for hydroxylation is 1. The average molecular weight is 416 g/mol. The number of hydrogen-bond acceptors (Lipinski definition) is 5. The summed E-state index contributed by atoms with van der Waals surface area (Å²) in [5.74, 6) is 0.641. The van der Waals surface area contributed by atoms with Crippen molar-refractivity contribution in [2.75, 3.05) is 19.7 Å². The van der Waals surface area contributed by atoms with Crippen LogP contribution in [-0.4, -0.2) is 45.0 Å². The molecule has 0 saturated carbocycles. The molecule has 5 rings (SSSR count). The lowest BCUT2D eigenvalue weighted by atomic mass is 9.83. The summed E-state index contributed by atoms with van der Waals surface area (Å²) in [5, 5.41) is 0. The maximum Gasteiger partial charge on any atom is 0.255 e. The van der Waals surface area contributed by atoms with E-state index < -0.39 is 5.60 Å². The van der Waals surface area contributed by atoms with Gasteiger partial charge in [-0.2, -0.15) is 0 Å². The molecule has 31 heavy (non-hydrogen) atoms. The first-order valence-electron chi connectivity index (χ1n) is 10.6. The Morgan fingerprint density at radius 1 is 1.10 bits per heavy atom. The lowest BCUT2D eigenvalue weighted by Crippen LogP contribution is -2.49. The first-order valence-corrected chi connectivity index (χ1v) is 10.6. The summed E-state index contributed by atoms with van der Waals surface area (Å²) < 4.78 is 7.75. The van der Waals surface area contributed by atoms with Gasteiger partial charge in [0.25, 0.3) is 5.91 Å². The van der Waals surface area contributed by atoms with Gasteiger partial charge < -0.3 is 14.2 Å². The highest BCUT2D eigenvalue weighted by atomic mass is 16.5. The first-order chi connectivity index (χ1) is 15.1. The largest absolute Gasteiger partial charge is 0.368 e. The smallest absolute Gasteiger partial charge is 0.255 e. The normalized spacial score (nSPS) is 17.4. The molecule has 0 N–H and O–H groups in total. The van der Waals surface area contributed by atoms with Crippen LogP contribution in [0.4, 0.5) is 0 Å². The number of pyridine rings is 1. The molecule has 0 radical (unpaired) electrons. The van der Waals surface area contributed by atoms with Crippen LogP contribution >= 0.6 is 0 Å². The molecule has 0 atom stereocenters. The summed E-state index contributed by atoms with van der Waals surface area (Å²) in [6.45, 7) is 1.79. The molecule has 2 aromatic heterocycles. The van der Waals surface area contributed by atoms with E-state index in [1.807, 2.05) is 41.4 Å². The van der Waals surface area contributed by atoms with E-state index in [2.05, 4.69) is 4.98 Å². The molecule has 2 aliphatic rings. The van der Waals surface area contributed by atoms with Crippen LogP contribution in [0.5, 0.6) is 0 Å². The number of aromatic nitrogens is 3. The molecule has 1 amide bonds. The number of fused-ring (bicyclic) bond motifs is 2. The van der Waals surface area contributed by atoms with E-state index >= 15 is 0 Å². The summed E-state index contributed by atoms with van der Waals surface area (Å²) in [7, 11) is 1.65. The number of hydrogen-bond donors (Lipinski definition) is 0. The SMILES string of the molecule is Cn1cc(C(=O)N2CCC3(CC2)OCCc2cnc(-c4ccccc4)nc23)ccc1=O. The third-order valence-electron chi connectivity index (χ3n) is 6.27. The first kappa shape index (κ1) is 19.6. The van der Waals surface area contributed by atoms with Crippen molar-refractivity contribution in [1.29, 1.82) is 0 Å². The molecule has 1 fully saturated rings. The van der Waals surface area contributed by atoms with Gasteiger partial charge in [0.2, 0.25) is 5.56 Å². The Kier molecular flexibility index (Phi) is 4.90. The number of amides is 1. The summed E-state index contributed by atoms with van der Waals surface area (Å²) in [4.78, 5) is 35.9. The highest BCUT2D eigenvalue weighted by Crippen LogP contribution is 2.41. The lowest BCUT2D eigenvalue weighted by molar-refractivity contribution is -0.0967. The van der Waals surface area contributed by atoms with Crippen LogP contribution in [0.1, 0.15) is 34.5 Å². The second-order valence-electron chi connectivity index (χ2n) is 8.19. The molecule has 4 heterocycles. The molecule has 7 heteroatoms. The number of carbonyl (C=O) groups excluding carboxylic acids is 1. The summed E-state index contributed by atoms with van der Waals surface area (Å²) >= 11 is 0. The molecule has 0 aliphatic carbocycles. The van der Waals surface area contributed by atoms with E-state index in [1.54, 1.807) is 19.3 Å². The van der Waals surface area contributed by atoms with Gasteiger partial charge in [0.15, 0.2) is 5.82 Å². The van der Waals surface area contributed by atoms with Gasteiger partial charge >= 0.3 is 0 Å². The Morgan fingerprint density at radius 2 is 1.87 bits per heavy atom. The third-order valence-corrected chi connectivity index (χ3v) is 6.27. The minimum atomic E-state index is -0.486. The molecule has 1 aromatic carbocycles. The van der Waals surface area contributed by atoms with Gasteiger partial charge in [-0.25, -0.2) is 9.97 Å². The second-order valence-corrected chi connectivity index (χ2v) is 8.19. The number of nitrogens with zero attached hydrogens (tertiary/aromatic N) is 4. The fourth-order valence-electron chi connectivity index (χ4n) is 4.49. The van der Waals surface area contributed by atoms with E-state index in [1.165, 1.54) is 10.6 Å². The number of piperidine rings is 1. The molecule has 7 nitrogen and oxygen atoms in total. The Hall–Kier alpha value is -3.32. The van der Waals surface area contributed by atoms with Gasteiger partial charge in [-0.1, -0.05) is 30.3 Å². The zero-order valence-corrected chi connectivity index (χ0v) is 17.5. The Bertz CT molecular complexity index is 1180. The summed E-state index contributed by atoms with van der Waals surface area (Å²) in [5.41, 5.74) is 2.98. The van der Waals surface area contributed by atoms with Gasteiger partial charge in [-0.05, 0) is 30.9 Å². The van der Waals surface area contributed by atoms with Gasteiger partial charge in [0.05, 0.1) is 17.9 Å². The van der Waals surface area contributed by atoms with Crippen molar-refractivity contribution in [3.8, 4) is 11.4 Å². The number of rotatable bonds is 2. The van der Waals surface area contributed by atoms with Crippen molar-refractivity contribution in [2.45, 2.75) is 24.9 Å². The quantitative estimate of drug-likeness (QED) is 0.642. The minimum Gasteiger partial charge on any atom is -0.368 e. The second kappa shape index (κ2) is 7.74. The van der Waals surface area contributed by atoms with Crippen LogP contribution in [0, 0.1) is 0 Å². The van der Waals surface area contributed by atoms with E-state index in [-0.39, 0.29) is 11.5 Å². The van der Waals surface area contributed by atoms with Crippen molar-refractivity contribution in [3.05, 3.63) is 82.0 Å². The van der Waals surface area contributed by atoms with E-state index in [4.69, 9.17) is 9.72 Å². The molecule has 0 unspecified atom stereocenters. The highest BCUT2D eigenvalue weighted by molar-refractivity contribution is 5.94. The summed E-state index contributed by atoms with van der Waals surface area (Å²) in [6, 6.07) is 13.0. The minimum absolute atomic E-state index is 0.0610. The van der Waals surface area contributed by atoms with E-state index in [0.717, 1.165) is 23.2 Å². The van der Waals surface area contributed by atoms with Gasteiger partial charge in [-0.3, -0.25) is 9.59 Å². The van der Waals surface area contributed by atoms with Crippen molar-refractivity contribution in [2.24, 2.45) is 7.05 Å². The number of ether oxygens (including phenoxy) is 1. The standard InChI is InChI=1S/C24H24N4O3/c1-27-16-19(7-8-20(27)29)23(30)28-12-10-24(11-13-28)21-18(9-14-31-24)15-25-22(26-21)17-5-3-2-4-6-17/h2-8,15-16H,9-14H2,1H3. The lowest BCUT2D eigenvalue weighted by Gasteiger charge is -2.44. The zero-order valence-electron chi connectivity index (χ0n) is 17.5. The predicted molar refractivity (Wildman–Crippen MR) is 116 cm³/mol. The van der Waals surface area contributed by atoms with Crippen molar-refractivity contribution >= 4 is 5.91 Å². The molecule has 1 spiro atoms. The topological polar surface area (TPSA) is 77.3 Å². The van der Waals surface area contributed by atoms with Gasteiger partial charge in [-0.15, -0.1) is 0 Å². The van der Waals surface area contributed by atoms with Crippen molar-refractivity contribution in [1.82, 2.24) is 19.4 Å². The van der Waals surface area contributed by atoms with Crippen LogP contribution < -0.4 is 5.56 Å². The summed E-state index contributed by atoms with van der Waals surface area (Å²) in [6.07, 6.45) is 5.69. The van der Waals surface area contributed by atoms with Gasteiger partial charge in [0.1, 0.15) is 5.60 Å². The fourth-order valence-corrected chi connectivity index (χ4v) is 4.49. The monoisotopic (exact) mass is 416 g/mol. The van der Waals surface area contributed by atoms with Gasteiger partial charge in [0, 0.05) is 44.2 Å². The Labute approximate surface area is 180 Å². The molecule has 0 bridgehead atoms. The van der Waals surface area contributed by atoms with Crippen LogP contribution in [-0.2, 0) is 23.8 Å². The molecule has 2 aliphatic heterocycles. The van der Waals surface area contributed by atoms with Crippen molar-refractivity contribution < 1.29 is 9.53 Å². The molecule has 158 valence electrons. The fraction of sp³-hybridized carbons (Fsp3) is 0.333. The van der Waals surface area contributed by atoms with Crippen LogP contribution in [0.15, 0.2) is 59.7 Å². The average Bonchev–Trinajstić information content (AvgIpc) is 2.82. The maximum atomic E-state index is 13.0. The molecule has 1 saturated heterocycles. The van der Waals surface area contributed by atoms with Crippen molar-refractivity contribution in [3.63, 3.8) is 0 Å². The number of likely N-dealkylation sites (tertiary alicyclic amines) is 1. The van der Waals surface area contributed by atoms with Crippen LogP contribution in [0.25, 0.3) is 11.4 Å².